The molecule has 3 aliphatic rings. The minimum absolute atomic E-state index is 0.0402. The van der Waals surface area contributed by atoms with E-state index in [-0.39, 0.29) is 73.2 Å². The van der Waals surface area contributed by atoms with Gasteiger partial charge in [0.1, 0.15) is 6.10 Å². The maximum atomic E-state index is 13.4. The normalized spacial score (nSPS) is 39.3. The van der Waals surface area contributed by atoms with Crippen molar-refractivity contribution in [1.29, 1.82) is 0 Å². The molecule has 1 fully saturated rings. The maximum Gasteiger partial charge on any atom is 0.331 e. The molecule has 14 atom stereocenters. The van der Waals surface area contributed by atoms with Gasteiger partial charge in [-0.2, -0.15) is 0 Å². The van der Waals surface area contributed by atoms with E-state index in [0.717, 1.165) is 44.1 Å². The second kappa shape index (κ2) is 22.6. The first kappa shape index (κ1) is 43.8. The van der Waals surface area contributed by atoms with Crippen LogP contribution in [0.4, 0.5) is 0 Å². The summed E-state index contributed by atoms with van der Waals surface area (Å²) >= 11 is 0. The molecule has 294 valence electrons. The van der Waals surface area contributed by atoms with Gasteiger partial charge in [0.25, 0.3) is 0 Å². The van der Waals surface area contributed by atoms with Crippen LogP contribution >= 0.6 is 0 Å². The van der Waals surface area contributed by atoms with Gasteiger partial charge < -0.3 is 43.4 Å². The summed E-state index contributed by atoms with van der Waals surface area (Å²) in [7, 11) is 6.78. The highest BCUT2D eigenvalue weighted by atomic mass is 16.5. The van der Waals surface area contributed by atoms with Gasteiger partial charge in [-0.3, -0.25) is 0 Å². The van der Waals surface area contributed by atoms with Gasteiger partial charge >= 0.3 is 5.97 Å². The Morgan fingerprint density at radius 1 is 0.882 bits per heavy atom. The molecule has 0 aliphatic carbocycles. The second-order valence-corrected chi connectivity index (χ2v) is 15.6. The van der Waals surface area contributed by atoms with Gasteiger partial charge in [-0.1, -0.05) is 50.6 Å². The van der Waals surface area contributed by atoms with Crippen molar-refractivity contribution in [1.82, 2.24) is 0 Å². The van der Waals surface area contributed by atoms with Crippen LogP contribution in [-0.2, 0) is 38.0 Å². The molecule has 0 aromatic carbocycles. The lowest BCUT2D eigenvalue weighted by atomic mass is 9.80. The number of aliphatic hydroxyl groups is 2. The van der Waals surface area contributed by atoms with E-state index in [1.54, 1.807) is 34.5 Å². The Labute approximate surface area is 308 Å². The molecule has 0 saturated carbocycles. The smallest absolute Gasteiger partial charge is 0.331 e. The average Bonchev–Trinajstić information content (AvgIpc) is 3.11. The summed E-state index contributed by atoms with van der Waals surface area (Å²) < 4.78 is 42.8. The van der Waals surface area contributed by atoms with Crippen molar-refractivity contribution < 1.29 is 48.2 Å². The first-order valence-corrected chi connectivity index (χ1v) is 19.3. The van der Waals surface area contributed by atoms with Crippen LogP contribution in [0.2, 0.25) is 0 Å². The average molecular weight is 723 g/mol. The van der Waals surface area contributed by atoms with E-state index in [2.05, 4.69) is 33.8 Å². The van der Waals surface area contributed by atoms with Crippen LogP contribution in [0.15, 0.2) is 36.0 Å². The Kier molecular flexibility index (Phi) is 19.4. The summed E-state index contributed by atoms with van der Waals surface area (Å²) in [5.41, 5.74) is 0.871. The topological polar surface area (TPSA) is 122 Å². The third-order valence-electron chi connectivity index (χ3n) is 11.4. The number of carbonyl (C=O) groups excluding carboxylic acids is 1. The number of allylic oxidation sites excluding steroid dienone is 2. The molecule has 0 amide bonds. The predicted octanol–water partition coefficient (Wildman–Crippen LogP) is 6.36. The minimum atomic E-state index is -0.603. The molecule has 3 rings (SSSR count). The summed E-state index contributed by atoms with van der Waals surface area (Å²) in [4.78, 5) is 13.4. The van der Waals surface area contributed by atoms with Gasteiger partial charge in [-0.25, -0.2) is 4.79 Å². The van der Waals surface area contributed by atoms with E-state index >= 15 is 0 Å². The lowest BCUT2D eigenvalue weighted by Gasteiger charge is -2.39. The van der Waals surface area contributed by atoms with Crippen molar-refractivity contribution in [3.05, 3.63) is 36.0 Å². The number of ether oxygens (including phenoxy) is 7. The number of fused-ring (bicyclic) bond motifs is 2. The third-order valence-corrected chi connectivity index (χ3v) is 11.4. The molecule has 0 spiro atoms. The predicted molar refractivity (Wildman–Crippen MR) is 198 cm³/mol. The molecule has 51 heavy (non-hydrogen) atoms. The summed E-state index contributed by atoms with van der Waals surface area (Å²) in [5.74, 6) is -0.514. The fourth-order valence-corrected chi connectivity index (χ4v) is 8.41. The highest BCUT2D eigenvalue weighted by Crippen LogP contribution is 2.34. The summed E-state index contributed by atoms with van der Waals surface area (Å²) in [6.45, 7) is 10.4. The number of methoxy groups -OCH3 is 4. The van der Waals surface area contributed by atoms with E-state index in [1.165, 1.54) is 6.08 Å². The zero-order valence-corrected chi connectivity index (χ0v) is 32.9. The molecular weight excluding hydrogens is 652 g/mol. The minimum Gasteiger partial charge on any atom is -0.459 e. The number of rotatable bonds is 11. The van der Waals surface area contributed by atoms with E-state index in [4.69, 9.17) is 33.2 Å². The van der Waals surface area contributed by atoms with Crippen LogP contribution in [0.25, 0.3) is 0 Å². The van der Waals surface area contributed by atoms with E-state index < -0.39 is 18.2 Å². The SMILES string of the molecule is COC1CC(C)OC(CCC(C)CC(C)C2OC(=O)/C=C/C(C)=C\CC(O)CC3C=CCC(CC(OC)C(CO)C(OC)CC(OC)C2C)O3)C1. The molecule has 14 unspecified atom stereocenters. The standard InChI is InChI=1S/C41H70O10/c1-26-13-16-31(43)21-32-11-10-12-33(50-32)23-38(47-8)36(25-42)39(48-9)24-37(46-7)30(5)41(51-40(44)18-15-26)28(3)19-27(2)14-17-34-22-35(45-6)20-29(4)49-34/h10-11,13,15,18,27-39,41-43H,12,14,16-17,19-25H2,1-9H3/b18-15+,26-13-. The Hall–Kier alpha value is -1.63. The summed E-state index contributed by atoms with van der Waals surface area (Å²) in [5, 5.41) is 21.5. The monoisotopic (exact) mass is 722 g/mol. The Balaban J connectivity index is 1.85. The van der Waals surface area contributed by atoms with E-state index in [9.17, 15) is 15.0 Å². The van der Waals surface area contributed by atoms with Crippen LogP contribution in [0.5, 0.6) is 0 Å². The molecular formula is C41H70O10. The molecule has 10 nitrogen and oxygen atoms in total. The van der Waals surface area contributed by atoms with Crippen molar-refractivity contribution in [2.75, 3.05) is 35.0 Å². The summed E-state index contributed by atoms with van der Waals surface area (Å²) in [6.07, 6.45) is 14.8. The van der Waals surface area contributed by atoms with Crippen molar-refractivity contribution in [3.63, 3.8) is 0 Å². The lowest BCUT2D eigenvalue weighted by Crippen LogP contribution is -2.45. The Bertz CT molecular complexity index is 1090. The van der Waals surface area contributed by atoms with Crippen molar-refractivity contribution >= 4 is 5.97 Å². The molecule has 2 N–H and O–H groups in total. The number of carbonyl (C=O) groups is 1. The van der Waals surface area contributed by atoms with Crippen molar-refractivity contribution in [3.8, 4) is 0 Å². The summed E-state index contributed by atoms with van der Waals surface area (Å²) in [6, 6.07) is 0. The zero-order chi connectivity index (χ0) is 37.5. The van der Waals surface area contributed by atoms with Crippen molar-refractivity contribution in [2.24, 2.45) is 23.7 Å². The van der Waals surface area contributed by atoms with Crippen LogP contribution in [-0.4, -0.2) is 112 Å². The lowest BCUT2D eigenvalue weighted by molar-refractivity contribution is -0.155. The highest BCUT2D eigenvalue weighted by molar-refractivity contribution is 5.82. The molecule has 0 radical (unpaired) electrons. The fraction of sp³-hybridized carbons (Fsp3) is 0.829. The molecule has 0 aromatic heterocycles. The van der Waals surface area contributed by atoms with Gasteiger partial charge in [0.2, 0.25) is 0 Å². The largest absolute Gasteiger partial charge is 0.459 e. The van der Waals surface area contributed by atoms with Crippen LogP contribution < -0.4 is 0 Å². The third kappa shape index (κ3) is 14.3. The van der Waals surface area contributed by atoms with Crippen molar-refractivity contribution in [2.45, 2.75) is 160 Å². The van der Waals surface area contributed by atoms with Crippen LogP contribution in [0.1, 0.15) is 98.8 Å². The number of aliphatic hydroxyl groups excluding tert-OH is 2. The van der Waals surface area contributed by atoms with E-state index in [1.807, 2.05) is 19.1 Å². The van der Waals surface area contributed by atoms with Gasteiger partial charge in [0.15, 0.2) is 0 Å². The molecule has 3 heterocycles. The number of hydrogen-bond acceptors (Lipinski definition) is 10. The van der Waals surface area contributed by atoms with Gasteiger partial charge in [0.05, 0.1) is 61.5 Å². The van der Waals surface area contributed by atoms with Gasteiger partial charge in [-0.05, 0) is 70.6 Å². The van der Waals surface area contributed by atoms with Crippen LogP contribution in [0.3, 0.4) is 0 Å². The zero-order valence-electron chi connectivity index (χ0n) is 32.9. The fourth-order valence-electron chi connectivity index (χ4n) is 8.41. The molecule has 1 saturated heterocycles. The Morgan fingerprint density at radius 3 is 2.25 bits per heavy atom. The number of esters is 1. The second-order valence-electron chi connectivity index (χ2n) is 15.6. The highest BCUT2D eigenvalue weighted by Gasteiger charge is 2.39. The van der Waals surface area contributed by atoms with Gasteiger partial charge in [-0.15, -0.1) is 0 Å². The molecule has 0 aromatic rings. The number of cyclic esters (lactones) is 1. The number of hydrogen-bond donors (Lipinski definition) is 2. The maximum absolute atomic E-state index is 13.4. The molecule has 10 heteroatoms. The quantitative estimate of drug-likeness (QED) is 0.184. The molecule has 3 aliphatic heterocycles. The Morgan fingerprint density at radius 2 is 1.59 bits per heavy atom. The first-order valence-electron chi connectivity index (χ1n) is 19.3. The first-order chi connectivity index (χ1) is 24.4. The van der Waals surface area contributed by atoms with E-state index in [0.29, 0.717) is 31.6 Å². The van der Waals surface area contributed by atoms with Crippen LogP contribution in [0, 0.1) is 23.7 Å². The molecule has 2 bridgehead atoms. The van der Waals surface area contributed by atoms with Gasteiger partial charge in [0, 0.05) is 65.6 Å².